The number of aromatic nitrogens is 1. The second-order valence-corrected chi connectivity index (χ2v) is 6.32. The summed E-state index contributed by atoms with van der Waals surface area (Å²) < 4.78 is 10.8. The van der Waals surface area contributed by atoms with Crippen LogP contribution in [0.25, 0.3) is 0 Å². The lowest BCUT2D eigenvalue weighted by Gasteiger charge is -2.21. The van der Waals surface area contributed by atoms with Crippen LogP contribution in [0.4, 0.5) is 0 Å². The van der Waals surface area contributed by atoms with Crippen LogP contribution in [-0.4, -0.2) is 25.1 Å². The van der Waals surface area contributed by atoms with Gasteiger partial charge in [0.2, 0.25) is 0 Å². The zero-order chi connectivity index (χ0) is 19.9. The zero-order valence-corrected chi connectivity index (χ0v) is 16.3. The van der Waals surface area contributed by atoms with E-state index in [9.17, 15) is 4.79 Å². The molecule has 0 spiro atoms. The smallest absolute Gasteiger partial charge is 0.252 e. The van der Waals surface area contributed by atoms with Gasteiger partial charge in [0, 0.05) is 18.0 Å². The molecule has 144 valence electrons. The van der Waals surface area contributed by atoms with Crippen LogP contribution < -0.4 is 14.8 Å². The molecule has 0 bridgehead atoms. The zero-order valence-electron chi connectivity index (χ0n) is 16.3. The third kappa shape index (κ3) is 4.14. The lowest BCUT2D eigenvalue weighted by molar-refractivity contribution is 0.0941. The normalized spacial score (nSPS) is 11.5. The van der Waals surface area contributed by atoms with Crippen LogP contribution in [0.1, 0.15) is 40.0 Å². The Kier molecular flexibility index (Phi) is 6.27. The van der Waals surface area contributed by atoms with Crippen molar-refractivity contribution in [2.24, 2.45) is 0 Å². The van der Waals surface area contributed by atoms with Crippen LogP contribution in [0.15, 0.2) is 67.0 Å². The quantitative estimate of drug-likeness (QED) is 0.672. The summed E-state index contributed by atoms with van der Waals surface area (Å²) >= 11 is 0. The van der Waals surface area contributed by atoms with Gasteiger partial charge in [-0.05, 0) is 41.3 Å². The van der Waals surface area contributed by atoms with Crippen LogP contribution in [0, 0.1) is 0 Å². The van der Waals surface area contributed by atoms with E-state index in [4.69, 9.17) is 9.47 Å². The van der Waals surface area contributed by atoms with Crippen LogP contribution in [0.3, 0.4) is 0 Å². The van der Waals surface area contributed by atoms with Gasteiger partial charge in [0.1, 0.15) is 0 Å². The van der Waals surface area contributed by atoms with E-state index in [1.165, 1.54) is 0 Å². The van der Waals surface area contributed by atoms with E-state index in [2.05, 4.69) is 10.3 Å². The fourth-order valence-corrected chi connectivity index (χ4v) is 3.19. The number of nitrogens with zero attached hydrogens (tertiary/aromatic N) is 1. The Labute approximate surface area is 165 Å². The summed E-state index contributed by atoms with van der Waals surface area (Å²) in [4.78, 5) is 17.4. The molecule has 3 aromatic rings. The fourth-order valence-electron chi connectivity index (χ4n) is 3.19. The molecule has 0 saturated carbocycles. The minimum Gasteiger partial charge on any atom is -0.493 e. The Hall–Kier alpha value is -3.34. The Morgan fingerprint density at radius 2 is 1.68 bits per heavy atom. The van der Waals surface area contributed by atoms with Gasteiger partial charge in [-0.25, -0.2) is 0 Å². The van der Waals surface area contributed by atoms with Gasteiger partial charge in [0.15, 0.2) is 11.5 Å². The largest absolute Gasteiger partial charge is 0.493 e. The second-order valence-electron chi connectivity index (χ2n) is 6.32. The highest BCUT2D eigenvalue weighted by molar-refractivity contribution is 5.97. The van der Waals surface area contributed by atoms with Crippen molar-refractivity contribution in [3.8, 4) is 11.5 Å². The summed E-state index contributed by atoms with van der Waals surface area (Å²) in [5.74, 6) is 0.973. The standard InChI is InChI=1S/C23H24N2O3/c1-4-16-13-20(27-2)21(28-3)14-19(16)23(26)25-22(17-9-6-5-7-10-17)18-11-8-12-24-15-18/h5-15,22H,4H2,1-3H3,(H,25,26). The topological polar surface area (TPSA) is 60.5 Å². The number of hydrogen-bond donors (Lipinski definition) is 1. The number of methoxy groups -OCH3 is 2. The average molecular weight is 376 g/mol. The van der Waals surface area contributed by atoms with Gasteiger partial charge in [-0.15, -0.1) is 0 Å². The van der Waals surface area contributed by atoms with Gasteiger partial charge in [0.05, 0.1) is 20.3 Å². The fraction of sp³-hybridized carbons (Fsp3) is 0.217. The van der Waals surface area contributed by atoms with Crippen LogP contribution in [0.5, 0.6) is 11.5 Å². The number of amides is 1. The minimum absolute atomic E-state index is 0.171. The highest BCUT2D eigenvalue weighted by Crippen LogP contribution is 2.31. The maximum absolute atomic E-state index is 13.2. The summed E-state index contributed by atoms with van der Waals surface area (Å²) in [5, 5.41) is 3.15. The molecule has 1 amide bonds. The summed E-state index contributed by atoms with van der Waals surface area (Å²) in [7, 11) is 3.15. The van der Waals surface area contributed by atoms with Gasteiger partial charge in [0.25, 0.3) is 5.91 Å². The van der Waals surface area contributed by atoms with Gasteiger partial charge in [-0.1, -0.05) is 43.3 Å². The summed E-state index contributed by atoms with van der Waals surface area (Å²) in [5.41, 5.74) is 3.38. The molecule has 1 aromatic heterocycles. The third-order valence-corrected chi connectivity index (χ3v) is 4.66. The molecule has 0 fully saturated rings. The molecule has 1 heterocycles. The van der Waals surface area contributed by atoms with Crippen molar-refractivity contribution in [3.05, 3.63) is 89.2 Å². The molecule has 2 aromatic carbocycles. The number of hydrogen-bond acceptors (Lipinski definition) is 4. The second kappa shape index (κ2) is 9.04. The lowest BCUT2D eigenvalue weighted by atomic mass is 9.98. The number of aryl methyl sites for hydroxylation is 1. The van der Waals surface area contributed by atoms with E-state index < -0.39 is 0 Å². The van der Waals surface area contributed by atoms with Crippen LogP contribution in [0.2, 0.25) is 0 Å². The highest BCUT2D eigenvalue weighted by atomic mass is 16.5. The molecule has 1 N–H and O–H groups in total. The number of carbonyl (C=O) groups excluding carboxylic acids is 1. The Morgan fingerprint density at radius 1 is 1.00 bits per heavy atom. The predicted octanol–water partition coefficient (Wildman–Crippen LogP) is 4.18. The van der Waals surface area contributed by atoms with Crippen molar-refractivity contribution in [3.63, 3.8) is 0 Å². The molecule has 0 aliphatic carbocycles. The third-order valence-electron chi connectivity index (χ3n) is 4.66. The Bertz CT molecular complexity index is 888. The number of carbonyl (C=O) groups is 1. The monoisotopic (exact) mass is 376 g/mol. The van der Waals surface area contributed by atoms with Crippen molar-refractivity contribution in [1.82, 2.24) is 10.3 Å². The van der Waals surface area contributed by atoms with Crippen molar-refractivity contribution >= 4 is 5.91 Å². The average Bonchev–Trinajstić information content (AvgIpc) is 2.77. The highest BCUT2D eigenvalue weighted by Gasteiger charge is 2.21. The maximum Gasteiger partial charge on any atom is 0.252 e. The first-order valence-corrected chi connectivity index (χ1v) is 9.18. The van der Waals surface area contributed by atoms with Gasteiger partial charge >= 0.3 is 0 Å². The van der Waals surface area contributed by atoms with E-state index in [1.807, 2.05) is 55.5 Å². The molecule has 1 unspecified atom stereocenters. The Balaban J connectivity index is 1.99. The summed E-state index contributed by atoms with van der Waals surface area (Å²) in [6.45, 7) is 2.01. The molecule has 0 aliphatic heterocycles. The Morgan fingerprint density at radius 3 is 2.29 bits per heavy atom. The first-order valence-electron chi connectivity index (χ1n) is 9.18. The molecular formula is C23H24N2O3. The lowest BCUT2D eigenvalue weighted by Crippen LogP contribution is -2.30. The summed E-state index contributed by atoms with van der Waals surface area (Å²) in [6.07, 6.45) is 4.19. The number of pyridine rings is 1. The van der Waals surface area contributed by atoms with Gasteiger partial charge in [-0.2, -0.15) is 0 Å². The molecule has 3 rings (SSSR count). The molecule has 1 atom stereocenters. The van der Waals surface area contributed by atoms with Gasteiger partial charge < -0.3 is 14.8 Å². The minimum atomic E-state index is -0.305. The number of benzene rings is 2. The van der Waals surface area contributed by atoms with E-state index >= 15 is 0 Å². The molecule has 0 radical (unpaired) electrons. The van der Waals surface area contributed by atoms with Gasteiger partial charge in [-0.3, -0.25) is 9.78 Å². The molecule has 0 aliphatic rings. The number of nitrogens with one attached hydrogen (secondary N) is 1. The van der Waals surface area contributed by atoms with E-state index in [0.29, 0.717) is 23.5 Å². The maximum atomic E-state index is 13.2. The van der Waals surface area contributed by atoms with Crippen LogP contribution in [-0.2, 0) is 6.42 Å². The van der Waals surface area contributed by atoms with Crippen molar-refractivity contribution in [1.29, 1.82) is 0 Å². The van der Waals surface area contributed by atoms with E-state index in [1.54, 1.807) is 32.7 Å². The molecule has 28 heavy (non-hydrogen) atoms. The van der Waals surface area contributed by atoms with Crippen molar-refractivity contribution in [2.75, 3.05) is 14.2 Å². The first kappa shape index (κ1) is 19.4. The number of rotatable bonds is 7. The predicted molar refractivity (Wildman–Crippen MR) is 109 cm³/mol. The van der Waals surface area contributed by atoms with E-state index in [-0.39, 0.29) is 11.9 Å². The molecule has 5 heteroatoms. The molecular weight excluding hydrogens is 352 g/mol. The van der Waals surface area contributed by atoms with Crippen LogP contribution >= 0.6 is 0 Å². The van der Waals surface area contributed by atoms with Crippen molar-refractivity contribution in [2.45, 2.75) is 19.4 Å². The van der Waals surface area contributed by atoms with Crippen molar-refractivity contribution < 1.29 is 14.3 Å². The SMILES string of the molecule is CCc1cc(OC)c(OC)cc1C(=O)NC(c1ccccc1)c1cccnc1. The first-order chi connectivity index (χ1) is 13.7. The molecule has 0 saturated heterocycles. The summed E-state index contributed by atoms with van der Waals surface area (Å²) in [6, 6.07) is 17.0. The van der Waals surface area contributed by atoms with E-state index in [0.717, 1.165) is 16.7 Å². The molecule has 5 nitrogen and oxygen atoms in total. The number of ether oxygens (including phenoxy) is 2.